The molecule has 4 rings (SSSR count). The summed E-state index contributed by atoms with van der Waals surface area (Å²) in [7, 11) is 0. The Kier molecular flexibility index (Phi) is 8.21. The second-order valence-corrected chi connectivity index (χ2v) is 9.03. The second kappa shape index (κ2) is 11.7. The van der Waals surface area contributed by atoms with Crippen LogP contribution in [0.2, 0.25) is 0 Å². The summed E-state index contributed by atoms with van der Waals surface area (Å²) in [5.41, 5.74) is 2.83. The van der Waals surface area contributed by atoms with Crippen LogP contribution in [0.1, 0.15) is 53.9 Å². The van der Waals surface area contributed by atoms with Gasteiger partial charge in [0.1, 0.15) is 11.6 Å². The minimum Gasteiger partial charge on any atom is -0.354 e. The maximum Gasteiger partial charge on any atom is 0.258 e. The van der Waals surface area contributed by atoms with Crippen molar-refractivity contribution in [2.24, 2.45) is 0 Å². The van der Waals surface area contributed by atoms with Crippen molar-refractivity contribution in [3.63, 3.8) is 0 Å². The molecule has 1 aliphatic carbocycles. The van der Waals surface area contributed by atoms with Crippen molar-refractivity contribution in [2.45, 2.75) is 45.7 Å². The third-order valence-corrected chi connectivity index (χ3v) is 6.07. The van der Waals surface area contributed by atoms with Crippen molar-refractivity contribution in [3.8, 4) is 0 Å². The summed E-state index contributed by atoms with van der Waals surface area (Å²) < 4.78 is 28.1. The quantitative estimate of drug-likeness (QED) is 0.381. The van der Waals surface area contributed by atoms with Crippen LogP contribution in [0.15, 0.2) is 78.8 Å². The normalized spacial score (nSPS) is 13.2. The maximum atomic E-state index is 14.9. The number of allylic oxidation sites excluding steroid dienone is 4. The first-order valence-corrected chi connectivity index (χ1v) is 12.2. The van der Waals surface area contributed by atoms with E-state index in [0.717, 1.165) is 11.1 Å². The molecule has 0 aliphatic heterocycles. The Labute approximate surface area is 210 Å². The molecule has 0 unspecified atom stereocenters. The average Bonchev–Trinajstić information content (AvgIpc) is 2.89. The fraction of sp³-hybridized carbons (Fsp3) is 0.276. The van der Waals surface area contributed by atoms with Gasteiger partial charge in [-0.2, -0.15) is 0 Å². The van der Waals surface area contributed by atoms with Gasteiger partial charge in [-0.3, -0.25) is 4.79 Å². The molecule has 0 bridgehead atoms. The number of carbonyl (C=O) groups excluding carboxylic acids is 1. The molecular formula is C29H30F2N4O. The number of hydrogen-bond donors (Lipinski definition) is 1. The lowest BCUT2D eigenvalue weighted by Gasteiger charge is -2.28. The fourth-order valence-electron chi connectivity index (χ4n) is 4.07. The molecule has 1 aliphatic rings. The Hall–Kier alpha value is -3.87. The van der Waals surface area contributed by atoms with Gasteiger partial charge in [-0.05, 0) is 49.9 Å². The van der Waals surface area contributed by atoms with Crippen LogP contribution >= 0.6 is 0 Å². The van der Waals surface area contributed by atoms with E-state index in [-0.39, 0.29) is 41.3 Å². The van der Waals surface area contributed by atoms with Gasteiger partial charge in [0.05, 0.1) is 11.3 Å². The number of rotatable bonds is 9. The van der Waals surface area contributed by atoms with Crippen LogP contribution in [0.25, 0.3) is 5.57 Å². The van der Waals surface area contributed by atoms with Crippen molar-refractivity contribution < 1.29 is 13.6 Å². The van der Waals surface area contributed by atoms with E-state index in [0.29, 0.717) is 37.5 Å². The number of nitrogens with zero attached hydrogens (tertiary/aromatic N) is 3. The van der Waals surface area contributed by atoms with Crippen LogP contribution in [0.4, 0.5) is 14.7 Å². The largest absolute Gasteiger partial charge is 0.354 e. The number of anilines is 1. The molecular weight excluding hydrogens is 458 g/mol. The zero-order chi connectivity index (χ0) is 25.5. The third kappa shape index (κ3) is 6.22. The van der Waals surface area contributed by atoms with Crippen molar-refractivity contribution in [3.05, 3.63) is 107 Å². The molecule has 0 fully saturated rings. The van der Waals surface area contributed by atoms with E-state index < -0.39 is 0 Å². The minimum absolute atomic E-state index is 0.0835. The van der Waals surface area contributed by atoms with Crippen LogP contribution < -0.4 is 5.32 Å². The third-order valence-electron chi connectivity index (χ3n) is 6.07. The fourth-order valence-corrected chi connectivity index (χ4v) is 4.07. The summed E-state index contributed by atoms with van der Waals surface area (Å²) in [5, 5.41) is 3.15. The van der Waals surface area contributed by atoms with E-state index in [4.69, 9.17) is 0 Å². The number of benzene rings is 2. The van der Waals surface area contributed by atoms with Crippen LogP contribution in [-0.2, 0) is 13.0 Å². The number of nitrogens with one attached hydrogen (secondary N) is 1. The van der Waals surface area contributed by atoms with Gasteiger partial charge in [0.15, 0.2) is 0 Å². The van der Waals surface area contributed by atoms with Crippen LogP contribution in [0.5, 0.6) is 0 Å². The topological polar surface area (TPSA) is 58.1 Å². The van der Waals surface area contributed by atoms with Crippen molar-refractivity contribution in [1.29, 1.82) is 0 Å². The number of hydrogen-bond acceptors (Lipinski definition) is 4. The molecule has 3 aromatic rings. The van der Waals surface area contributed by atoms with Crippen LogP contribution in [0, 0.1) is 5.82 Å². The molecule has 1 N–H and O–H groups in total. The minimum atomic E-state index is -0.290. The lowest BCUT2D eigenvalue weighted by Crippen LogP contribution is -2.37. The van der Waals surface area contributed by atoms with Crippen molar-refractivity contribution in [1.82, 2.24) is 14.9 Å². The molecule has 1 heterocycles. The molecule has 0 atom stereocenters. The van der Waals surface area contributed by atoms with Gasteiger partial charge in [-0.15, -0.1) is 0 Å². The number of amides is 1. The van der Waals surface area contributed by atoms with E-state index in [1.807, 2.05) is 50.3 Å². The molecule has 0 spiro atoms. The second-order valence-electron chi connectivity index (χ2n) is 9.03. The summed E-state index contributed by atoms with van der Waals surface area (Å²) in [6.07, 6.45) is 6.58. The number of halogens is 2. The molecule has 1 aromatic heterocycles. The molecule has 5 nitrogen and oxygen atoms in total. The van der Waals surface area contributed by atoms with E-state index in [1.54, 1.807) is 23.1 Å². The highest BCUT2D eigenvalue weighted by atomic mass is 19.1. The first kappa shape index (κ1) is 25.2. The Morgan fingerprint density at radius 1 is 1.06 bits per heavy atom. The Bertz CT molecular complexity index is 1250. The van der Waals surface area contributed by atoms with Crippen LogP contribution in [-0.4, -0.2) is 33.4 Å². The SMILES string of the molecule is CC(C)N(Cc1ccccc1)C(=O)c1cnc(NCCc2ccc(F)cc2)nc1C1=C(F)CCC=C1. The highest BCUT2D eigenvalue weighted by Gasteiger charge is 2.26. The summed E-state index contributed by atoms with van der Waals surface area (Å²) in [5.74, 6) is -0.511. The molecule has 0 saturated carbocycles. The van der Waals surface area contributed by atoms with Crippen LogP contribution in [0.3, 0.4) is 0 Å². The average molecular weight is 489 g/mol. The smallest absolute Gasteiger partial charge is 0.258 e. The summed E-state index contributed by atoms with van der Waals surface area (Å²) >= 11 is 0. The van der Waals surface area contributed by atoms with E-state index >= 15 is 0 Å². The van der Waals surface area contributed by atoms with Gasteiger partial charge in [-0.1, -0.05) is 54.6 Å². The summed E-state index contributed by atoms with van der Waals surface area (Å²) in [4.78, 5) is 24.4. The molecule has 186 valence electrons. The predicted molar refractivity (Wildman–Crippen MR) is 138 cm³/mol. The van der Waals surface area contributed by atoms with Gasteiger partial charge in [0.2, 0.25) is 5.95 Å². The van der Waals surface area contributed by atoms with Crippen molar-refractivity contribution in [2.75, 3.05) is 11.9 Å². The predicted octanol–water partition coefficient (Wildman–Crippen LogP) is 6.35. The lowest BCUT2D eigenvalue weighted by molar-refractivity contribution is 0.0689. The van der Waals surface area contributed by atoms with E-state index in [2.05, 4.69) is 15.3 Å². The monoisotopic (exact) mass is 488 g/mol. The van der Waals surface area contributed by atoms with Gasteiger partial charge in [0, 0.05) is 37.3 Å². The molecule has 0 saturated heterocycles. The first-order chi connectivity index (χ1) is 17.4. The van der Waals surface area contributed by atoms with Gasteiger partial charge in [-0.25, -0.2) is 18.7 Å². The van der Waals surface area contributed by atoms with Gasteiger partial charge in [0.25, 0.3) is 5.91 Å². The first-order valence-electron chi connectivity index (χ1n) is 12.2. The zero-order valence-electron chi connectivity index (χ0n) is 20.5. The summed E-state index contributed by atoms with van der Waals surface area (Å²) in [6, 6.07) is 16.0. The standard InChI is InChI=1S/C29H30F2N4O/c1-20(2)35(19-22-8-4-3-5-9-22)28(36)25-18-33-29(32-17-16-21-12-14-23(30)15-13-21)34-27(25)24-10-6-7-11-26(24)31/h3-6,8-10,12-15,18,20H,7,11,16-17,19H2,1-2H3,(H,32,33,34). The zero-order valence-corrected chi connectivity index (χ0v) is 20.5. The maximum absolute atomic E-state index is 14.9. The van der Waals surface area contributed by atoms with E-state index in [9.17, 15) is 13.6 Å². The highest BCUT2D eigenvalue weighted by molar-refractivity contribution is 5.99. The van der Waals surface area contributed by atoms with Crippen molar-refractivity contribution >= 4 is 17.4 Å². The molecule has 1 amide bonds. The number of carbonyl (C=O) groups is 1. The van der Waals surface area contributed by atoms with Gasteiger partial charge < -0.3 is 10.2 Å². The molecule has 0 radical (unpaired) electrons. The summed E-state index contributed by atoms with van der Waals surface area (Å²) in [6.45, 7) is 4.83. The van der Waals surface area contributed by atoms with Gasteiger partial charge >= 0.3 is 0 Å². The van der Waals surface area contributed by atoms with E-state index in [1.165, 1.54) is 18.3 Å². The number of aromatic nitrogens is 2. The Morgan fingerprint density at radius 3 is 2.50 bits per heavy atom. The Balaban J connectivity index is 1.61. The Morgan fingerprint density at radius 2 is 1.81 bits per heavy atom. The highest BCUT2D eigenvalue weighted by Crippen LogP contribution is 2.30. The lowest BCUT2D eigenvalue weighted by atomic mass is 9.99. The molecule has 2 aromatic carbocycles. The molecule has 7 heteroatoms. The molecule has 36 heavy (non-hydrogen) atoms.